The smallest absolute Gasteiger partial charge is 0.266 e. The van der Waals surface area contributed by atoms with Crippen LogP contribution in [0.2, 0.25) is 5.02 Å². The van der Waals surface area contributed by atoms with Crippen LogP contribution in [0.4, 0.5) is 10.2 Å². The fourth-order valence-electron chi connectivity index (χ4n) is 3.92. The highest BCUT2D eigenvalue weighted by atomic mass is 35.5. The molecule has 166 valence electrons. The predicted molar refractivity (Wildman–Crippen MR) is 118 cm³/mol. The minimum absolute atomic E-state index is 0.0355. The van der Waals surface area contributed by atoms with E-state index in [9.17, 15) is 12.8 Å². The molecular weight excluding hydrogens is 463 g/mol. The van der Waals surface area contributed by atoms with Crippen LogP contribution in [0, 0.1) is 5.82 Å². The van der Waals surface area contributed by atoms with Crippen molar-refractivity contribution in [2.45, 2.75) is 56.1 Å². The first kappa shape index (κ1) is 22.0. The lowest BCUT2D eigenvalue weighted by Crippen LogP contribution is -2.30. The zero-order chi connectivity index (χ0) is 22.0. The lowest BCUT2D eigenvalue weighted by atomic mass is 9.84. The molecule has 2 heterocycles. The molecule has 11 heteroatoms. The molecule has 2 aromatic heterocycles. The van der Waals surface area contributed by atoms with Crippen molar-refractivity contribution in [1.82, 2.24) is 14.8 Å². The van der Waals surface area contributed by atoms with Crippen molar-refractivity contribution in [3.05, 3.63) is 51.8 Å². The van der Waals surface area contributed by atoms with Gasteiger partial charge in [-0.1, -0.05) is 18.0 Å². The third kappa shape index (κ3) is 4.70. The summed E-state index contributed by atoms with van der Waals surface area (Å²) in [5, 5.41) is 5.90. The van der Waals surface area contributed by atoms with Crippen molar-refractivity contribution >= 4 is 38.8 Å². The SMILES string of the molecule is CCn1nccc1[C@H]1CCCC[C@@H]1Oc1cc(F)c(S(=O)(=O)Nc2cscn2)cc1Cl. The second kappa shape index (κ2) is 9.13. The molecule has 0 amide bonds. The van der Waals surface area contributed by atoms with Crippen LogP contribution in [0.1, 0.15) is 44.2 Å². The van der Waals surface area contributed by atoms with E-state index >= 15 is 0 Å². The molecule has 1 saturated carbocycles. The monoisotopic (exact) mass is 484 g/mol. The highest BCUT2D eigenvalue weighted by molar-refractivity contribution is 7.92. The van der Waals surface area contributed by atoms with Gasteiger partial charge in [0, 0.05) is 35.8 Å². The Morgan fingerprint density at radius 2 is 2.16 bits per heavy atom. The van der Waals surface area contributed by atoms with Crippen LogP contribution in [0.15, 0.2) is 40.2 Å². The zero-order valence-corrected chi connectivity index (χ0v) is 19.2. The Labute approximate surface area is 189 Å². The number of aromatic nitrogens is 3. The summed E-state index contributed by atoms with van der Waals surface area (Å²) in [7, 11) is -4.17. The number of nitrogens with zero attached hydrogens (tertiary/aromatic N) is 3. The molecule has 31 heavy (non-hydrogen) atoms. The van der Waals surface area contributed by atoms with Crippen molar-refractivity contribution in [3.8, 4) is 5.75 Å². The first-order valence-corrected chi connectivity index (χ1v) is 12.8. The maximum absolute atomic E-state index is 14.8. The molecule has 3 aromatic rings. The second-order valence-corrected chi connectivity index (χ2v) is 10.1. The lowest BCUT2D eigenvalue weighted by molar-refractivity contribution is 0.125. The molecule has 1 N–H and O–H groups in total. The molecule has 1 aliphatic rings. The van der Waals surface area contributed by atoms with Gasteiger partial charge >= 0.3 is 0 Å². The summed E-state index contributed by atoms with van der Waals surface area (Å²) in [6, 6.07) is 4.10. The Morgan fingerprint density at radius 3 is 2.90 bits per heavy atom. The second-order valence-electron chi connectivity index (χ2n) is 7.31. The van der Waals surface area contributed by atoms with Crippen LogP contribution in [-0.4, -0.2) is 29.3 Å². The molecule has 1 aromatic carbocycles. The first-order valence-electron chi connectivity index (χ1n) is 9.97. The normalized spacial score (nSPS) is 19.3. The number of rotatable bonds is 7. The topological polar surface area (TPSA) is 86.1 Å². The molecule has 0 aliphatic heterocycles. The van der Waals surface area contributed by atoms with E-state index in [4.69, 9.17) is 16.3 Å². The van der Waals surface area contributed by atoms with Crippen LogP contribution >= 0.6 is 22.9 Å². The maximum atomic E-state index is 14.8. The third-order valence-electron chi connectivity index (χ3n) is 5.36. The van der Waals surface area contributed by atoms with Gasteiger partial charge in [0.05, 0.1) is 10.5 Å². The Balaban J connectivity index is 1.59. The number of anilines is 1. The summed E-state index contributed by atoms with van der Waals surface area (Å²) in [5.41, 5.74) is 2.55. The van der Waals surface area contributed by atoms with E-state index in [1.54, 1.807) is 6.20 Å². The van der Waals surface area contributed by atoms with E-state index in [-0.39, 0.29) is 28.6 Å². The first-order chi connectivity index (χ1) is 14.9. The summed E-state index contributed by atoms with van der Waals surface area (Å²) in [6.45, 7) is 2.78. The largest absolute Gasteiger partial charge is 0.488 e. The van der Waals surface area contributed by atoms with E-state index in [0.29, 0.717) is 0 Å². The molecule has 7 nitrogen and oxygen atoms in total. The Bertz CT molecular complexity index is 1150. The molecule has 0 saturated heterocycles. The minimum Gasteiger partial charge on any atom is -0.488 e. The third-order valence-corrected chi connectivity index (χ3v) is 7.61. The van der Waals surface area contributed by atoms with Crippen LogP contribution in [0.3, 0.4) is 0 Å². The van der Waals surface area contributed by atoms with E-state index in [2.05, 4.69) is 14.8 Å². The van der Waals surface area contributed by atoms with Crippen molar-refractivity contribution in [3.63, 3.8) is 0 Å². The number of benzene rings is 1. The van der Waals surface area contributed by atoms with Gasteiger partial charge in [-0.3, -0.25) is 9.40 Å². The quantitative estimate of drug-likeness (QED) is 0.506. The standard InChI is InChI=1S/C20H22ClFN4O3S2/c1-2-26-16(7-8-24-26)13-5-3-4-6-17(13)29-18-10-15(22)19(9-14(18)21)31(27,28)25-20-11-30-12-23-20/h7-13,17,25H,2-6H2,1H3/t13-,17+/m1/s1. The maximum Gasteiger partial charge on any atom is 0.266 e. The number of nitrogens with one attached hydrogen (secondary N) is 1. The molecule has 0 radical (unpaired) electrons. The molecule has 0 bridgehead atoms. The van der Waals surface area contributed by atoms with Gasteiger partial charge in [0.1, 0.15) is 22.6 Å². The van der Waals surface area contributed by atoms with Crippen molar-refractivity contribution in [2.24, 2.45) is 0 Å². The van der Waals surface area contributed by atoms with Crippen molar-refractivity contribution in [2.75, 3.05) is 4.72 Å². The Hall–Kier alpha value is -2.17. The zero-order valence-electron chi connectivity index (χ0n) is 16.8. The van der Waals surface area contributed by atoms with Gasteiger partial charge in [-0.25, -0.2) is 17.8 Å². The highest BCUT2D eigenvalue weighted by Crippen LogP contribution is 2.38. The van der Waals surface area contributed by atoms with Gasteiger partial charge < -0.3 is 4.74 Å². The number of sulfonamides is 1. The number of thiazole rings is 1. The van der Waals surface area contributed by atoms with E-state index in [1.807, 2.05) is 17.7 Å². The van der Waals surface area contributed by atoms with Gasteiger partial charge in [-0.15, -0.1) is 11.3 Å². The van der Waals surface area contributed by atoms with Crippen LogP contribution in [-0.2, 0) is 16.6 Å². The molecule has 1 fully saturated rings. The molecule has 4 rings (SSSR count). The number of ether oxygens (including phenoxy) is 1. The Kier molecular flexibility index (Phi) is 6.49. The Morgan fingerprint density at radius 1 is 1.35 bits per heavy atom. The van der Waals surface area contributed by atoms with Crippen molar-refractivity contribution in [1.29, 1.82) is 0 Å². The van der Waals surface area contributed by atoms with Crippen molar-refractivity contribution < 1.29 is 17.5 Å². The van der Waals surface area contributed by atoms with Gasteiger partial charge in [0.25, 0.3) is 10.0 Å². The van der Waals surface area contributed by atoms with Gasteiger partial charge in [-0.2, -0.15) is 5.10 Å². The van der Waals surface area contributed by atoms with E-state index in [0.717, 1.165) is 50.1 Å². The molecule has 0 spiro atoms. The number of halogens is 2. The number of hydrogen-bond acceptors (Lipinski definition) is 6. The molecule has 1 aliphatic carbocycles. The minimum atomic E-state index is -4.17. The fourth-order valence-corrected chi connectivity index (χ4v) is 5.84. The van der Waals surface area contributed by atoms with E-state index in [1.165, 1.54) is 22.2 Å². The van der Waals surface area contributed by atoms with E-state index < -0.39 is 20.7 Å². The van der Waals surface area contributed by atoms with Crippen LogP contribution in [0.5, 0.6) is 5.75 Å². The van der Waals surface area contributed by atoms with Crippen LogP contribution in [0.25, 0.3) is 0 Å². The average Bonchev–Trinajstić information content (AvgIpc) is 3.42. The average molecular weight is 485 g/mol. The summed E-state index contributed by atoms with van der Waals surface area (Å²) in [5.74, 6) is -0.581. The molecule has 2 atom stereocenters. The van der Waals surface area contributed by atoms with Crippen LogP contribution < -0.4 is 9.46 Å². The summed E-state index contributed by atoms with van der Waals surface area (Å²) in [4.78, 5) is 3.31. The molecule has 0 unspecified atom stereocenters. The lowest BCUT2D eigenvalue weighted by Gasteiger charge is -2.32. The highest BCUT2D eigenvalue weighted by Gasteiger charge is 2.32. The number of aryl methyl sites for hydroxylation is 1. The number of hydrogen-bond donors (Lipinski definition) is 1. The van der Waals surface area contributed by atoms with Gasteiger partial charge in [0.2, 0.25) is 0 Å². The summed E-state index contributed by atoms with van der Waals surface area (Å²) in [6.07, 6.45) is 5.35. The van der Waals surface area contributed by atoms with Gasteiger partial charge in [-0.05, 0) is 38.3 Å². The molecular formula is C20H22ClFN4O3S2. The van der Waals surface area contributed by atoms with Gasteiger partial charge in [0.15, 0.2) is 5.82 Å². The summed E-state index contributed by atoms with van der Waals surface area (Å²) >= 11 is 7.55. The predicted octanol–water partition coefficient (Wildman–Crippen LogP) is 5.06. The summed E-state index contributed by atoms with van der Waals surface area (Å²) < 4.78 is 50.2. The fraction of sp³-hybridized carbons (Fsp3) is 0.400.